The lowest BCUT2D eigenvalue weighted by atomic mass is 9.93. The van der Waals surface area contributed by atoms with E-state index in [9.17, 15) is 0 Å². The first-order valence-electron chi connectivity index (χ1n) is 18.5. The lowest BCUT2D eigenvalue weighted by Crippen LogP contribution is -2.09. The van der Waals surface area contributed by atoms with Gasteiger partial charge in [-0.1, -0.05) is 121 Å². The van der Waals surface area contributed by atoms with E-state index in [0.717, 1.165) is 61.2 Å². The summed E-state index contributed by atoms with van der Waals surface area (Å²) in [5, 5.41) is 7.13. The van der Waals surface area contributed by atoms with Gasteiger partial charge in [-0.3, -0.25) is 0 Å². The lowest BCUT2D eigenvalue weighted by molar-refractivity contribution is 0.617. The van der Waals surface area contributed by atoms with Crippen LogP contribution in [0, 0.1) is 0 Å². The number of hydrogen-bond donors (Lipinski definition) is 0. The average Bonchev–Trinajstić information content (AvgIpc) is 3.84. The van der Waals surface area contributed by atoms with Crippen molar-refractivity contribution in [2.45, 2.75) is 0 Å². The van der Waals surface area contributed by atoms with E-state index in [2.05, 4.69) is 157 Å². The highest BCUT2D eigenvalue weighted by Crippen LogP contribution is 2.42. The van der Waals surface area contributed by atoms with Gasteiger partial charge in [-0.05, 0) is 111 Å². The number of oxazole rings is 1. The fourth-order valence-corrected chi connectivity index (χ4v) is 8.09. The number of nitrogens with zero attached hydrogens (tertiary/aromatic N) is 2. The van der Waals surface area contributed by atoms with E-state index < -0.39 is 0 Å². The summed E-state index contributed by atoms with van der Waals surface area (Å²) in [6.45, 7) is 0. The average molecular weight is 705 g/mol. The van der Waals surface area contributed by atoms with Crippen molar-refractivity contribution in [1.82, 2.24) is 4.98 Å². The summed E-state index contributed by atoms with van der Waals surface area (Å²) in [7, 11) is 0. The number of anilines is 3. The first-order chi connectivity index (χ1) is 27.2. The van der Waals surface area contributed by atoms with Crippen LogP contribution in [0.5, 0.6) is 0 Å². The maximum Gasteiger partial charge on any atom is 0.227 e. The molecule has 4 nitrogen and oxygen atoms in total. The molecule has 258 valence electrons. The van der Waals surface area contributed by atoms with Gasteiger partial charge in [0, 0.05) is 39.5 Å². The minimum absolute atomic E-state index is 0.600. The smallest absolute Gasteiger partial charge is 0.227 e. The van der Waals surface area contributed by atoms with Crippen molar-refractivity contribution in [1.29, 1.82) is 0 Å². The number of rotatable bonds is 6. The van der Waals surface area contributed by atoms with Gasteiger partial charge in [0.15, 0.2) is 5.58 Å². The van der Waals surface area contributed by atoms with Gasteiger partial charge in [0.25, 0.3) is 0 Å². The molecule has 9 aromatic carbocycles. The number of fused-ring (bicyclic) bond motifs is 7. The first-order valence-corrected chi connectivity index (χ1v) is 18.5. The summed E-state index contributed by atoms with van der Waals surface area (Å²) in [6, 6.07) is 68.3. The predicted octanol–water partition coefficient (Wildman–Crippen LogP) is 14.5. The third-order valence-electron chi connectivity index (χ3n) is 10.7. The van der Waals surface area contributed by atoms with E-state index in [4.69, 9.17) is 13.8 Å². The molecule has 0 atom stereocenters. The van der Waals surface area contributed by atoms with Gasteiger partial charge < -0.3 is 13.7 Å². The van der Waals surface area contributed by atoms with Gasteiger partial charge in [0.05, 0.1) is 0 Å². The minimum Gasteiger partial charge on any atom is -0.456 e. The molecular weight excluding hydrogens is 673 g/mol. The van der Waals surface area contributed by atoms with Crippen LogP contribution >= 0.6 is 0 Å². The van der Waals surface area contributed by atoms with Gasteiger partial charge in [-0.25, -0.2) is 4.98 Å². The molecule has 0 aliphatic rings. The Morgan fingerprint density at radius 2 is 0.982 bits per heavy atom. The predicted molar refractivity (Wildman–Crippen MR) is 227 cm³/mol. The number of aromatic nitrogens is 1. The lowest BCUT2D eigenvalue weighted by Gasteiger charge is -2.26. The van der Waals surface area contributed by atoms with Crippen LogP contribution in [0.3, 0.4) is 0 Å². The summed E-state index contributed by atoms with van der Waals surface area (Å²) < 4.78 is 12.6. The molecule has 0 aliphatic carbocycles. The molecule has 4 heteroatoms. The van der Waals surface area contributed by atoms with Crippen LogP contribution in [0.4, 0.5) is 17.1 Å². The zero-order valence-electron chi connectivity index (χ0n) is 29.7. The Bertz CT molecular complexity index is 3180. The summed E-state index contributed by atoms with van der Waals surface area (Å²) in [5.74, 6) is 0.600. The SMILES string of the molecule is c1ccc(-c2nc3cc4c(cc3o2)oc2cccc(-c3ccc(N(c5ccccc5)c5ccc(-c6cc7ccccc7c7ccccc67)cc5)cc3)c24)cc1. The number of para-hydroxylation sites is 1. The maximum atomic E-state index is 6.41. The van der Waals surface area contributed by atoms with Crippen molar-refractivity contribution in [3.05, 3.63) is 194 Å². The van der Waals surface area contributed by atoms with Gasteiger partial charge in [-0.15, -0.1) is 0 Å². The van der Waals surface area contributed by atoms with Crippen molar-refractivity contribution in [3.8, 4) is 33.7 Å². The molecule has 0 N–H and O–H groups in total. The zero-order chi connectivity index (χ0) is 36.3. The standard InChI is InChI=1S/C51H32N2O2/c1-3-12-35(13-4-1)51-52-46-31-45-48(32-49(46)55-51)54-47-21-11-20-41(50(45)47)33-22-26-38(27-23-33)53(37-15-5-2-6-16-37)39-28-24-34(25-29-39)44-30-36-14-7-8-17-40(36)42-18-9-10-19-43(42)44/h1-32H. The van der Waals surface area contributed by atoms with Crippen LogP contribution in [-0.2, 0) is 0 Å². The van der Waals surface area contributed by atoms with E-state index in [-0.39, 0.29) is 0 Å². The van der Waals surface area contributed by atoms with E-state index in [1.54, 1.807) is 0 Å². The molecule has 11 rings (SSSR count). The molecule has 0 aliphatic heterocycles. The molecule has 0 amide bonds. The number of hydrogen-bond acceptors (Lipinski definition) is 4. The van der Waals surface area contributed by atoms with E-state index in [1.807, 2.05) is 42.5 Å². The van der Waals surface area contributed by atoms with Gasteiger partial charge in [0.2, 0.25) is 5.89 Å². The Morgan fingerprint density at radius 3 is 1.73 bits per heavy atom. The van der Waals surface area contributed by atoms with Gasteiger partial charge in [0.1, 0.15) is 16.7 Å². The second-order valence-electron chi connectivity index (χ2n) is 13.9. The Labute approximate surface area is 317 Å². The monoisotopic (exact) mass is 704 g/mol. The van der Waals surface area contributed by atoms with E-state index >= 15 is 0 Å². The van der Waals surface area contributed by atoms with Crippen molar-refractivity contribution >= 4 is 71.6 Å². The highest BCUT2D eigenvalue weighted by Gasteiger charge is 2.18. The molecule has 0 unspecified atom stereocenters. The Hall–Kier alpha value is -7.43. The molecule has 11 aromatic rings. The Kier molecular flexibility index (Phi) is 7.14. The van der Waals surface area contributed by atoms with Crippen LogP contribution in [0.25, 0.3) is 88.3 Å². The van der Waals surface area contributed by atoms with E-state index in [1.165, 1.54) is 32.7 Å². The van der Waals surface area contributed by atoms with Gasteiger partial charge in [-0.2, -0.15) is 0 Å². The molecule has 0 radical (unpaired) electrons. The van der Waals surface area contributed by atoms with Crippen molar-refractivity contribution < 1.29 is 8.83 Å². The topological polar surface area (TPSA) is 42.4 Å². The van der Waals surface area contributed by atoms with E-state index in [0.29, 0.717) is 11.5 Å². The molecule has 2 aromatic heterocycles. The Morgan fingerprint density at radius 1 is 0.364 bits per heavy atom. The molecular formula is C51H32N2O2. The van der Waals surface area contributed by atoms with Crippen LogP contribution < -0.4 is 4.90 Å². The second-order valence-corrected chi connectivity index (χ2v) is 13.9. The fraction of sp³-hybridized carbons (Fsp3) is 0. The molecule has 0 fully saturated rings. The molecule has 0 saturated carbocycles. The van der Waals surface area contributed by atoms with Crippen LogP contribution in [0.2, 0.25) is 0 Å². The van der Waals surface area contributed by atoms with Gasteiger partial charge >= 0.3 is 0 Å². The number of furan rings is 1. The highest BCUT2D eigenvalue weighted by molar-refractivity contribution is 6.15. The third-order valence-corrected chi connectivity index (χ3v) is 10.7. The quantitative estimate of drug-likeness (QED) is 0.162. The largest absolute Gasteiger partial charge is 0.456 e. The summed E-state index contributed by atoms with van der Waals surface area (Å²) >= 11 is 0. The maximum absolute atomic E-state index is 6.41. The Balaban J connectivity index is 0.979. The van der Waals surface area contributed by atoms with Crippen LogP contribution in [0.1, 0.15) is 0 Å². The zero-order valence-corrected chi connectivity index (χ0v) is 29.7. The van der Waals surface area contributed by atoms with Crippen molar-refractivity contribution in [2.75, 3.05) is 4.90 Å². The minimum atomic E-state index is 0.600. The second kappa shape index (κ2) is 12.6. The molecule has 55 heavy (non-hydrogen) atoms. The van der Waals surface area contributed by atoms with Crippen LogP contribution in [0.15, 0.2) is 203 Å². The first kappa shape index (κ1) is 31.1. The third kappa shape index (κ3) is 5.26. The normalized spacial score (nSPS) is 11.6. The molecule has 0 spiro atoms. The van der Waals surface area contributed by atoms with Crippen molar-refractivity contribution in [2.24, 2.45) is 0 Å². The molecule has 0 saturated heterocycles. The van der Waals surface area contributed by atoms with Crippen molar-refractivity contribution in [3.63, 3.8) is 0 Å². The fourth-order valence-electron chi connectivity index (χ4n) is 8.09. The molecule has 0 bridgehead atoms. The number of benzene rings is 9. The summed E-state index contributed by atoms with van der Waals surface area (Å²) in [6.07, 6.45) is 0. The molecule has 2 heterocycles. The highest BCUT2D eigenvalue weighted by atomic mass is 16.4. The van der Waals surface area contributed by atoms with Crippen LogP contribution in [-0.4, -0.2) is 4.98 Å². The summed E-state index contributed by atoms with van der Waals surface area (Å²) in [5.41, 5.74) is 11.9. The summed E-state index contributed by atoms with van der Waals surface area (Å²) in [4.78, 5) is 7.16.